The molecule has 1 saturated heterocycles. The lowest BCUT2D eigenvalue weighted by Gasteiger charge is -2.34. The van der Waals surface area contributed by atoms with Crippen LogP contribution in [0.15, 0.2) is 54.6 Å². The number of hydrogen-bond donors (Lipinski definition) is 1. The molecule has 0 radical (unpaired) electrons. The van der Waals surface area contributed by atoms with Crippen molar-refractivity contribution in [2.24, 2.45) is 5.92 Å². The minimum absolute atomic E-state index is 0.0768. The maximum absolute atomic E-state index is 12.7. The molecule has 2 aromatic rings. The van der Waals surface area contributed by atoms with Crippen LogP contribution in [-0.2, 0) is 4.79 Å². The average molecular weight is 322 g/mol. The number of anilines is 1. The molecule has 1 heterocycles. The van der Waals surface area contributed by atoms with E-state index in [2.05, 4.69) is 35.3 Å². The first-order valence-corrected chi connectivity index (χ1v) is 8.84. The largest absolute Gasteiger partial charge is 0.324 e. The normalized spacial score (nSPS) is 17.4. The number of amides is 1. The Morgan fingerprint density at radius 1 is 1.04 bits per heavy atom. The monoisotopic (exact) mass is 322 g/mol. The Labute approximate surface area is 144 Å². The Morgan fingerprint density at radius 3 is 2.38 bits per heavy atom. The molecule has 24 heavy (non-hydrogen) atoms. The van der Waals surface area contributed by atoms with Crippen LogP contribution in [-0.4, -0.2) is 29.9 Å². The zero-order chi connectivity index (χ0) is 16.9. The van der Waals surface area contributed by atoms with E-state index in [1.165, 1.54) is 12.8 Å². The second-order valence-corrected chi connectivity index (χ2v) is 6.80. The summed E-state index contributed by atoms with van der Waals surface area (Å²) in [4.78, 5) is 15.0. The van der Waals surface area contributed by atoms with Gasteiger partial charge in [0.05, 0.1) is 6.04 Å². The zero-order valence-electron chi connectivity index (χ0n) is 14.5. The second kappa shape index (κ2) is 7.63. The van der Waals surface area contributed by atoms with Crippen molar-refractivity contribution in [2.45, 2.75) is 32.7 Å². The van der Waals surface area contributed by atoms with Gasteiger partial charge in [-0.2, -0.15) is 0 Å². The van der Waals surface area contributed by atoms with Crippen molar-refractivity contribution in [3.63, 3.8) is 0 Å². The molecule has 1 fully saturated rings. The van der Waals surface area contributed by atoms with Crippen molar-refractivity contribution < 1.29 is 4.79 Å². The topological polar surface area (TPSA) is 32.3 Å². The van der Waals surface area contributed by atoms with E-state index < -0.39 is 0 Å². The van der Waals surface area contributed by atoms with Crippen molar-refractivity contribution in [1.82, 2.24) is 4.90 Å². The van der Waals surface area contributed by atoms with Crippen molar-refractivity contribution >= 4 is 11.6 Å². The molecule has 2 aromatic carbocycles. The molecule has 3 nitrogen and oxygen atoms in total. The first kappa shape index (κ1) is 16.7. The van der Waals surface area contributed by atoms with Crippen LogP contribution < -0.4 is 5.32 Å². The number of carbonyl (C=O) groups excluding carboxylic acids is 1. The van der Waals surface area contributed by atoms with Gasteiger partial charge in [-0.3, -0.25) is 9.69 Å². The third-order valence-corrected chi connectivity index (χ3v) is 5.02. The van der Waals surface area contributed by atoms with Crippen LogP contribution in [0.5, 0.6) is 0 Å². The minimum Gasteiger partial charge on any atom is -0.324 e. The van der Waals surface area contributed by atoms with Crippen LogP contribution in [0.25, 0.3) is 11.1 Å². The molecule has 3 heteroatoms. The summed E-state index contributed by atoms with van der Waals surface area (Å²) in [6, 6.07) is 18.1. The lowest BCUT2D eigenvalue weighted by atomic mass is 9.98. The average Bonchev–Trinajstić information content (AvgIpc) is 2.63. The predicted octanol–water partition coefficient (Wildman–Crippen LogP) is 4.41. The maximum atomic E-state index is 12.7. The fraction of sp³-hybridized carbons (Fsp3) is 0.381. The number of rotatable bonds is 4. The van der Waals surface area contributed by atoms with Gasteiger partial charge in [-0.1, -0.05) is 55.5 Å². The van der Waals surface area contributed by atoms with E-state index >= 15 is 0 Å². The van der Waals surface area contributed by atoms with Gasteiger partial charge in [0.2, 0.25) is 5.91 Å². The molecular weight excluding hydrogens is 296 g/mol. The summed E-state index contributed by atoms with van der Waals surface area (Å²) in [7, 11) is 0. The van der Waals surface area contributed by atoms with Crippen LogP contribution in [0.2, 0.25) is 0 Å². The molecule has 0 aromatic heterocycles. The Bertz CT molecular complexity index is 675. The number of likely N-dealkylation sites (tertiary alicyclic amines) is 1. The Kier molecular flexibility index (Phi) is 5.31. The number of nitrogens with one attached hydrogen (secondary N) is 1. The highest BCUT2D eigenvalue weighted by Gasteiger charge is 2.25. The smallest absolute Gasteiger partial charge is 0.241 e. The molecule has 0 saturated carbocycles. The molecule has 126 valence electrons. The van der Waals surface area contributed by atoms with Crippen LogP contribution in [0.3, 0.4) is 0 Å². The van der Waals surface area contributed by atoms with Crippen LogP contribution >= 0.6 is 0 Å². The van der Waals surface area contributed by atoms with Crippen LogP contribution in [0.1, 0.15) is 26.7 Å². The van der Waals surface area contributed by atoms with Gasteiger partial charge < -0.3 is 5.32 Å². The van der Waals surface area contributed by atoms with Gasteiger partial charge in [0.15, 0.2) is 0 Å². The summed E-state index contributed by atoms with van der Waals surface area (Å²) in [6.45, 7) is 6.32. The lowest BCUT2D eigenvalue weighted by molar-refractivity contribution is -0.121. The lowest BCUT2D eigenvalue weighted by Crippen LogP contribution is -2.45. The SMILES string of the molecule is CC1CCN([C@@H](C)C(=O)Nc2ccccc2-c2ccccc2)CC1. The van der Waals surface area contributed by atoms with Crippen molar-refractivity contribution in [2.75, 3.05) is 18.4 Å². The van der Waals surface area contributed by atoms with Gasteiger partial charge >= 0.3 is 0 Å². The molecule has 1 atom stereocenters. The van der Waals surface area contributed by atoms with Crippen LogP contribution in [0, 0.1) is 5.92 Å². The third-order valence-electron chi connectivity index (χ3n) is 5.02. The van der Waals surface area contributed by atoms with Crippen LogP contribution in [0.4, 0.5) is 5.69 Å². The summed E-state index contributed by atoms with van der Waals surface area (Å²) in [6.07, 6.45) is 2.36. The summed E-state index contributed by atoms with van der Waals surface area (Å²) >= 11 is 0. The van der Waals surface area contributed by atoms with Crippen molar-refractivity contribution in [1.29, 1.82) is 0 Å². The molecule has 0 spiro atoms. The standard InChI is InChI=1S/C21H26N2O/c1-16-12-14-23(15-13-16)17(2)21(24)22-20-11-7-6-10-19(20)18-8-4-3-5-9-18/h3-11,16-17H,12-15H2,1-2H3,(H,22,24)/t17-/m0/s1. The Morgan fingerprint density at radius 2 is 1.67 bits per heavy atom. The molecule has 0 bridgehead atoms. The highest BCUT2D eigenvalue weighted by molar-refractivity contribution is 5.98. The van der Waals surface area contributed by atoms with E-state index in [4.69, 9.17) is 0 Å². The number of carbonyl (C=O) groups is 1. The van der Waals surface area contributed by atoms with Gasteiger partial charge in [0.25, 0.3) is 0 Å². The number of para-hydroxylation sites is 1. The van der Waals surface area contributed by atoms with Gasteiger partial charge in [0.1, 0.15) is 0 Å². The predicted molar refractivity (Wildman–Crippen MR) is 99.9 cm³/mol. The molecule has 0 unspecified atom stereocenters. The molecular formula is C21H26N2O. The third kappa shape index (κ3) is 3.85. The molecule has 1 N–H and O–H groups in total. The fourth-order valence-electron chi connectivity index (χ4n) is 3.28. The molecule has 0 aliphatic carbocycles. The Hall–Kier alpha value is -2.13. The van der Waals surface area contributed by atoms with E-state index in [0.717, 1.165) is 35.8 Å². The van der Waals surface area contributed by atoms with E-state index in [9.17, 15) is 4.79 Å². The summed E-state index contributed by atoms with van der Waals surface area (Å²) in [5.41, 5.74) is 3.06. The minimum atomic E-state index is -0.0960. The highest BCUT2D eigenvalue weighted by atomic mass is 16.2. The van der Waals surface area contributed by atoms with Gasteiger partial charge in [-0.15, -0.1) is 0 Å². The van der Waals surface area contributed by atoms with Gasteiger partial charge in [0, 0.05) is 11.3 Å². The Balaban J connectivity index is 1.73. The van der Waals surface area contributed by atoms with Gasteiger partial charge in [-0.25, -0.2) is 0 Å². The van der Waals surface area contributed by atoms with E-state index in [1.54, 1.807) is 0 Å². The van der Waals surface area contributed by atoms with E-state index in [1.807, 2.05) is 43.3 Å². The molecule has 3 rings (SSSR count). The molecule has 1 amide bonds. The second-order valence-electron chi connectivity index (χ2n) is 6.80. The van der Waals surface area contributed by atoms with Crippen molar-refractivity contribution in [3.8, 4) is 11.1 Å². The fourth-order valence-corrected chi connectivity index (χ4v) is 3.28. The number of nitrogens with zero attached hydrogens (tertiary/aromatic N) is 1. The maximum Gasteiger partial charge on any atom is 0.241 e. The van der Waals surface area contributed by atoms with Crippen molar-refractivity contribution in [3.05, 3.63) is 54.6 Å². The zero-order valence-corrected chi connectivity index (χ0v) is 14.5. The quantitative estimate of drug-likeness (QED) is 0.904. The molecule has 1 aliphatic heterocycles. The number of benzene rings is 2. The first-order valence-electron chi connectivity index (χ1n) is 8.84. The van der Waals surface area contributed by atoms with Gasteiger partial charge in [-0.05, 0) is 50.4 Å². The molecule has 1 aliphatic rings. The summed E-state index contributed by atoms with van der Waals surface area (Å²) < 4.78 is 0. The van der Waals surface area contributed by atoms with E-state index in [0.29, 0.717) is 0 Å². The number of hydrogen-bond acceptors (Lipinski definition) is 2. The summed E-state index contributed by atoms with van der Waals surface area (Å²) in [5, 5.41) is 3.14. The first-order chi connectivity index (χ1) is 11.6. The number of piperidine rings is 1. The van der Waals surface area contributed by atoms with E-state index in [-0.39, 0.29) is 11.9 Å². The summed E-state index contributed by atoms with van der Waals surface area (Å²) in [5.74, 6) is 0.850. The highest BCUT2D eigenvalue weighted by Crippen LogP contribution is 2.28.